The molecule has 0 saturated heterocycles. The number of carbonyl (C=O) groups excluding carboxylic acids is 2. The van der Waals surface area contributed by atoms with E-state index in [2.05, 4.69) is 0 Å². The number of nitrogens with zero attached hydrogens (tertiary/aromatic N) is 3. The summed E-state index contributed by atoms with van der Waals surface area (Å²) in [5.41, 5.74) is 6.49. The average molecular weight is 328 g/mol. The van der Waals surface area contributed by atoms with Gasteiger partial charge in [0.15, 0.2) is 0 Å². The van der Waals surface area contributed by atoms with E-state index >= 15 is 0 Å². The molecule has 0 aliphatic carbocycles. The molecule has 2 amide bonds. The Kier molecular flexibility index (Phi) is 7.50. The number of benzene rings is 1. The van der Waals surface area contributed by atoms with Crippen LogP contribution in [-0.2, 0) is 9.59 Å². The lowest BCUT2D eigenvalue weighted by molar-refractivity contribution is -0.123. The molecule has 0 saturated carbocycles. The van der Waals surface area contributed by atoms with Gasteiger partial charge in [-0.3, -0.25) is 9.59 Å². The minimum absolute atomic E-state index is 0.0658. The lowest BCUT2D eigenvalue weighted by Crippen LogP contribution is -2.36. The summed E-state index contributed by atoms with van der Waals surface area (Å²) in [5, 5.41) is 9.38. The third-order valence-electron chi connectivity index (χ3n) is 3.35. The lowest BCUT2D eigenvalue weighted by Gasteiger charge is -2.22. The lowest BCUT2D eigenvalue weighted by atomic mass is 10.2. The minimum Gasteiger partial charge on any atom is -0.399 e. The molecule has 24 heavy (non-hydrogen) atoms. The fraction of sp³-hybridized carbons (Fsp3) is 0.389. The van der Waals surface area contributed by atoms with Gasteiger partial charge >= 0.3 is 0 Å². The zero-order valence-corrected chi connectivity index (χ0v) is 14.5. The molecule has 0 bridgehead atoms. The Morgan fingerprint density at radius 2 is 1.71 bits per heavy atom. The largest absolute Gasteiger partial charge is 0.399 e. The third-order valence-corrected chi connectivity index (χ3v) is 3.35. The molecule has 2 N–H and O–H groups in total. The van der Waals surface area contributed by atoms with Gasteiger partial charge in [0, 0.05) is 31.9 Å². The summed E-state index contributed by atoms with van der Waals surface area (Å²) in [6.45, 7) is 6.84. The first-order chi connectivity index (χ1) is 11.4. The first kappa shape index (κ1) is 19.2. The van der Waals surface area contributed by atoms with E-state index in [9.17, 15) is 14.9 Å². The van der Waals surface area contributed by atoms with Gasteiger partial charge in [0.2, 0.25) is 5.91 Å². The number of rotatable bonds is 7. The Hall–Kier alpha value is -2.81. The van der Waals surface area contributed by atoms with E-state index in [4.69, 9.17) is 5.73 Å². The summed E-state index contributed by atoms with van der Waals surface area (Å²) in [6.07, 6.45) is 3.35. The van der Waals surface area contributed by atoms with E-state index in [1.807, 2.05) is 24.8 Å². The number of anilines is 2. The predicted octanol–water partition coefficient (Wildman–Crippen LogP) is 2.68. The van der Waals surface area contributed by atoms with Crippen LogP contribution in [0.5, 0.6) is 0 Å². The second-order valence-corrected chi connectivity index (χ2v) is 5.44. The number of hydrogen-bond acceptors (Lipinski definition) is 5. The first-order valence-electron chi connectivity index (χ1n) is 8.01. The van der Waals surface area contributed by atoms with Crippen molar-refractivity contribution < 1.29 is 9.59 Å². The highest BCUT2D eigenvalue weighted by Gasteiger charge is 2.24. The Labute approximate surface area is 143 Å². The van der Waals surface area contributed by atoms with Gasteiger partial charge < -0.3 is 10.6 Å². The second-order valence-electron chi connectivity index (χ2n) is 5.44. The van der Waals surface area contributed by atoms with Crippen molar-refractivity contribution >= 4 is 23.2 Å². The number of nitrogens with two attached hydrogens (primary N) is 1. The maximum absolute atomic E-state index is 12.7. The van der Waals surface area contributed by atoms with Crippen LogP contribution in [0.2, 0.25) is 0 Å². The fourth-order valence-electron chi connectivity index (χ4n) is 2.32. The molecule has 0 atom stereocenters. The quantitative estimate of drug-likeness (QED) is 0.472. The molecule has 6 heteroatoms. The molecule has 0 aliphatic heterocycles. The van der Waals surface area contributed by atoms with Gasteiger partial charge in [-0.15, -0.1) is 0 Å². The highest BCUT2D eigenvalue weighted by Crippen LogP contribution is 2.19. The van der Waals surface area contributed by atoms with Crippen LogP contribution in [0.15, 0.2) is 36.0 Å². The molecule has 128 valence electrons. The molecule has 0 radical (unpaired) electrons. The molecule has 1 aromatic rings. The molecule has 0 heterocycles. The maximum Gasteiger partial charge on any atom is 0.277 e. The van der Waals surface area contributed by atoms with Crippen molar-refractivity contribution in [1.82, 2.24) is 4.90 Å². The Morgan fingerprint density at radius 3 is 2.12 bits per heavy atom. The molecule has 0 aliphatic rings. The van der Waals surface area contributed by atoms with Crippen LogP contribution in [0.1, 0.15) is 33.6 Å². The van der Waals surface area contributed by atoms with E-state index < -0.39 is 11.8 Å². The van der Waals surface area contributed by atoms with Crippen molar-refractivity contribution in [1.29, 1.82) is 5.26 Å². The summed E-state index contributed by atoms with van der Waals surface area (Å²) >= 11 is 0. The summed E-state index contributed by atoms with van der Waals surface area (Å²) in [7, 11) is 0. The molecule has 1 aromatic carbocycles. The van der Waals surface area contributed by atoms with Gasteiger partial charge in [0.05, 0.1) is 5.69 Å². The van der Waals surface area contributed by atoms with Crippen molar-refractivity contribution in [2.75, 3.05) is 23.7 Å². The topological polar surface area (TPSA) is 90.4 Å². The number of imide groups is 1. The number of carbonyl (C=O) groups is 2. The van der Waals surface area contributed by atoms with Crippen LogP contribution in [0.25, 0.3) is 0 Å². The van der Waals surface area contributed by atoms with Crippen LogP contribution < -0.4 is 10.6 Å². The number of nitriles is 1. The molecule has 0 aromatic heterocycles. The zero-order chi connectivity index (χ0) is 18.1. The van der Waals surface area contributed by atoms with Crippen molar-refractivity contribution in [2.45, 2.75) is 33.6 Å². The summed E-state index contributed by atoms with van der Waals surface area (Å²) in [5.74, 6) is -1.09. The van der Waals surface area contributed by atoms with Gasteiger partial charge in [0.25, 0.3) is 5.91 Å². The molecular formula is C18H24N4O2. The SMILES string of the molecule is CCCN(/C=C(/C#N)C(=O)N(C(C)=O)c1ccc(N)cc1)CCC. The average Bonchev–Trinajstić information content (AvgIpc) is 2.54. The zero-order valence-electron chi connectivity index (χ0n) is 14.5. The maximum atomic E-state index is 12.7. The number of hydrogen-bond donors (Lipinski definition) is 1. The molecule has 1 rings (SSSR count). The van der Waals surface area contributed by atoms with E-state index in [1.54, 1.807) is 30.5 Å². The van der Waals surface area contributed by atoms with E-state index in [0.29, 0.717) is 11.4 Å². The van der Waals surface area contributed by atoms with Crippen molar-refractivity contribution in [2.24, 2.45) is 0 Å². The van der Waals surface area contributed by atoms with E-state index in [0.717, 1.165) is 30.8 Å². The fourth-order valence-corrected chi connectivity index (χ4v) is 2.32. The van der Waals surface area contributed by atoms with Crippen LogP contribution in [0.3, 0.4) is 0 Å². The number of amides is 2. The molecule has 0 unspecified atom stereocenters. The normalized spacial score (nSPS) is 10.8. The molecular weight excluding hydrogens is 304 g/mol. The van der Waals surface area contributed by atoms with Gasteiger partial charge in [-0.2, -0.15) is 5.26 Å². The monoisotopic (exact) mass is 328 g/mol. The van der Waals surface area contributed by atoms with Crippen LogP contribution in [0.4, 0.5) is 11.4 Å². The standard InChI is InChI=1S/C18H24N4O2/c1-4-10-21(11-5-2)13-15(12-19)18(24)22(14(3)23)17-8-6-16(20)7-9-17/h6-9,13H,4-5,10-11,20H2,1-3H3/b15-13-. The number of nitrogen functional groups attached to an aromatic ring is 1. The highest BCUT2D eigenvalue weighted by atomic mass is 16.2. The third kappa shape index (κ3) is 5.13. The van der Waals surface area contributed by atoms with Crippen LogP contribution in [-0.4, -0.2) is 29.8 Å². The molecule has 6 nitrogen and oxygen atoms in total. The van der Waals surface area contributed by atoms with Crippen molar-refractivity contribution in [3.63, 3.8) is 0 Å². The Balaban J connectivity index is 3.17. The highest BCUT2D eigenvalue weighted by molar-refractivity contribution is 6.21. The van der Waals surface area contributed by atoms with Crippen molar-refractivity contribution in [3.05, 3.63) is 36.0 Å². The summed E-state index contributed by atoms with van der Waals surface area (Å²) < 4.78 is 0. The summed E-state index contributed by atoms with van der Waals surface area (Å²) in [4.78, 5) is 27.6. The summed E-state index contributed by atoms with van der Waals surface area (Å²) in [6, 6.07) is 8.29. The van der Waals surface area contributed by atoms with Crippen LogP contribution in [0, 0.1) is 11.3 Å². The Bertz CT molecular complexity index is 638. The predicted molar refractivity (Wildman–Crippen MR) is 94.9 cm³/mol. The van der Waals surface area contributed by atoms with Crippen molar-refractivity contribution in [3.8, 4) is 6.07 Å². The minimum atomic E-state index is -0.632. The second kappa shape index (κ2) is 9.36. The van der Waals surface area contributed by atoms with Gasteiger partial charge in [-0.1, -0.05) is 13.8 Å². The van der Waals surface area contributed by atoms with Gasteiger partial charge in [-0.25, -0.2) is 4.90 Å². The van der Waals surface area contributed by atoms with E-state index in [-0.39, 0.29) is 5.57 Å². The van der Waals surface area contributed by atoms with Gasteiger partial charge in [-0.05, 0) is 37.1 Å². The Morgan fingerprint density at radius 1 is 1.17 bits per heavy atom. The smallest absolute Gasteiger partial charge is 0.277 e. The van der Waals surface area contributed by atoms with Crippen LogP contribution >= 0.6 is 0 Å². The molecule has 0 fully saturated rings. The first-order valence-corrected chi connectivity index (χ1v) is 8.01. The van der Waals surface area contributed by atoms with Gasteiger partial charge in [0.1, 0.15) is 11.6 Å². The van der Waals surface area contributed by atoms with E-state index in [1.165, 1.54) is 6.92 Å². The molecule has 0 spiro atoms.